The second kappa shape index (κ2) is 7.92. The zero-order valence-corrected chi connectivity index (χ0v) is 17.9. The second-order valence-corrected chi connectivity index (χ2v) is 8.60. The Labute approximate surface area is 184 Å². The lowest BCUT2D eigenvalue weighted by molar-refractivity contribution is 0.374. The molecule has 0 radical (unpaired) electrons. The van der Waals surface area contributed by atoms with Gasteiger partial charge in [-0.2, -0.15) is 4.98 Å². The fourth-order valence-electron chi connectivity index (χ4n) is 4.45. The van der Waals surface area contributed by atoms with Gasteiger partial charge < -0.3 is 15.0 Å². The standard InChI is InChI=1S/C20H21Cl2N7O/c1-28-20(30-15-4-2-3-14(21)7-15)26-19(27-28)25-18-12-5-6-13(18)10-29(9-12)17-8-16(22)23-11-24-17/h2-4,7-8,11-13,18H,5-6,9-10H2,1H3,(H,25,27). The van der Waals surface area contributed by atoms with Gasteiger partial charge in [0.1, 0.15) is 23.0 Å². The second-order valence-electron chi connectivity index (χ2n) is 7.77. The lowest BCUT2D eigenvalue weighted by Gasteiger charge is -2.38. The van der Waals surface area contributed by atoms with E-state index in [1.807, 2.05) is 25.2 Å². The summed E-state index contributed by atoms with van der Waals surface area (Å²) in [5.74, 6) is 3.06. The van der Waals surface area contributed by atoms with Crippen molar-refractivity contribution in [2.45, 2.75) is 18.9 Å². The number of benzene rings is 1. The van der Waals surface area contributed by atoms with E-state index in [1.54, 1.807) is 16.8 Å². The molecule has 2 unspecified atom stereocenters. The van der Waals surface area contributed by atoms with Crippen LogP contribution in [-0.2, 0) is 7.05 Å². The van der Waals surface area contributed by atoms with Gasteiger partial charge in [0.05, 0.1) is 0 Å². The van der Waals surface area contributed by atoms with Crippen molar-refractivity contribution in [1.29, 1.82) is 0 Å². The third-order valence-corrected chi connectivity index (χ3v) is 6.24. The van der Waals surface area contributed by atoms with Gasteiger partial charge in [-0.15, -0.1) is 5.10 Å². The Bertz CT molecular complexity index is 1050. The van der Waals surface area contributed by atoms with Crippen LogP contribution < -0.4 is 15.0 Å². The van der Waals surface area contributed by atoms with Crippen molar-refractivity contribution in [3.63, 3.8) is 0 Å². The molecule has 5 rings (SSSR count). The number of aryl methyl sites for hydroxylation is 1. The molecule has 1 saturated carbocycles. The lowest BCUT2D eigenvalue weighted by Crippen LogP contribution is -2.48. The number of nitrogens with zero attached hydrogens (tertiary/aromatic N) is 6. The van der Waals surface area contributed by atoms with Crippen molar-refractivity contribution in [3.05, 3.63) is 46.8 Å². The number of aromatic nitrogens is 5. The fraction of sp³-hybridized carbons (Fsp3) is 0.400. The molecule has 10 heteroatoms. The molecular weight excluding hydrogens is 425 g/mol. The summed E-state index contributed by atoms with van der Waals surface area (Å²) in [5, 5.41) is 9.13. The Morgan fingerprint density at radius 2 is 1.90 bits per heavy atom. The van der Waals surface area contributed by atoms with E-state index in [0.717, 1.165) is 31.7 Å². The van der Waals surface area contributed by atoms with Crippen LogP contribution in [0.1, 0.15) is 12.8 Å². The van der Waals surface area contributed by atoms with E-state index < -0.39 is 0 Å². The zero-order chi connectivity index (χ0) is 20.7. The molecule has 1 aliphatic carbocycles. The van der Waals surface area contributed by atoms with E-state index in [0.29, 0.717) is 45.8 Å². The molecule has 156 valence electrons. The largest absolute Gasteiger partial charge is 0.424 e. The predicted molar refractivity (Wildman–Crippen MR) is 115 cm³/mol. The molecule has 3 heterocycles. The number of nitrogens with one attached hydrogen (secondary N) is 1. The number of rotatable bonds is 5. The highest BCUT2D eigenvalue weighted by Gasteiger charge is 2.43. The number of piperidine rings is 1. The van der Waals surface area contributed by atoms with Gasteiger partial charge in [0, 0.05) is 37.3 Å². The maximum absolute atomic E-state index is 6.04. The zero-order valence-electron chi connectivity index (χ0n) is 16.4. The highest BCUT2D eigenvalue weighted by Crippen LogP contribution is 2.40. The van der Waals surface area contributed by atoms with E-state index in [2.05, 4.69) is 30.3 Å². The normalized spacial score (nSPS) is 22.9. The van der Waals surface area contributed by atoms with Crippen LogP contribution in [-0.4, -0.2) is 43.9 Å². The van der Waals surface area contributed by atoms with Crippen molar-refractivity contribution >= 4 is 35.0 Å². The van der Waals surface area contributed by atoms with Gasteiger partial charge in [-0.1, -0.05) is 29.3 Å². The van der Waals surface area contributed by atoms with Crippen LogP contribution in [0.3, 0.4) is 0 Å². The van der Waals surface area contributed by atoms with Gasteiger partial charge in [-0.3, -0.25) is 0 Å². The Morgan fingerprint density at radius 3 is 2.63 bits per heavy atom. The molecule has 0 amide bonds. The fourth-order valence-corrected chi connectivity index (χ4v) is 4.77. The van der Waals surface area contributed by atoms with Gasteiger partial charge in [0.15, 0.2) is 0 Å². The van der Waals surface area contributed by atoms with E-state index in [4.69, 9.17) is 27.9 Å². The number of anilines is 2. The Balaban J connectivity index is 1.28. The average Bonchev–Trinajstić information content (AvgIpc) is 3.16. The first kappa shape index (κ1) is 19.4. The van der Waals surface area contributed by atoms with Crippen LogP contribution >= 0.6 is 23.2 Å². The maximum Gasteiger partial charge on any atom is 0.321 e. The van der Waals surface area contributed by atoms with Gasteiger partial charge in [0.2, 0.25) is 5.95 Å². The SMILES string of the molecule is Cn1nc(NC2C3CCC2CN(c2cc(Cl)ncn2)C3)nc1Oc1cccc(Cl)c1. The van der Waals surface area contributed by atoms with E-state index in [1.165, 1.54) is 6.33 Å². The highest BCUT2D eigenvalue weighted by molar-refractivity contribution is 6.30. The Hall–Kier alpha value is -2.58. The van der Waals surface area contributed by atoms with Gasteiger partial charge in [0.25, 0.3) is 0 Å². The number of hydrogen-bond acceptors (Lipinski definition) is 7. The highest BCUT2D eigenvalue weighted by atomic mass is 35.5. The van der Waals surface area contributed by atoms with Gasteiger partial charge >= 0.3 is 6.01 Å². The smallest absolute Gasteiger partial charge is 0.321 e. The molecule has 1 aliphatic heterocycles. The number of ether oxygens (including phenoxy) is 1. The van der Waals surface area contributed by atoms with Crippen molar-refractivity contribution in [2.75, 3.05) is 23.3 Å². The lowest BCUT2D eigenvalue weighted by atomic mass is 9.92. The summed E-state index contributed by atoms with van der Waals surface area (Å²) in [6.07, 6.45) is 3.84. The van der Waals surface area contributed by atoms with Gasteiger partial charge in [-0.25, -0.2) is 14.6 Å². The minimum atomic E-state index is 0.319. The summed E-state index contributed by atoms with van der Waals surface area (Å²) in [7, 11) is 1.81. The van der Waals surface area contributed by atoms with Crippen molar-refractivity contribution in [3.8, 4) is 11.8 Å². The molecule has 0 spiro atoms. The first-order chi connectivity index (χ1) is 14.5. The topological polar surface area (TPSA) is 81.0 Å². The summed E-state index contributed by atoms with van der Waals surface area (Å²) >= 11 is 12.1. The molecule has 2 aliphatic rings. The molecule has 1 N–H and O–H groups in total. The molecule has 1 aromatic carbocycles. The molecule has 8 nitrogen and oxygen atoms in total. The van der Waals surface area contributed by atoms with E-state index >= 15 is 0 Å². The number of fused-ring (bicyclic) bond motifs is 2. The van der Waals surface area contributed by atoms with Gasteiger partial charge in [-0.05, 0) is 42.9 Å². The molecule has 3 aromatic rings. The van der Waals surface area contributed by atoms with Crippen LogP contribution in [0.25, 0.3) is 0 Å². The molecular formula is C20H21Cl2N7O. The summed E-state index contributed by atoms with van der Waals surface area (Å²) in [4.78, 5) is 15.2. The summed E-state index contributed by atoms with van der Waals surface area (Å²) in [6, 6.07) is 9.79. The Morgan fingerprint density at radius 1 is 1.10 bits per heavy atom. The van der Waals surface area contributed by atoms with Crippen LogP contribution in [0, 0.1) is 11.8 Å². The quantitative estimate of drug-likeness (QED) is 0.593. The van der Waals surface area contributed by atoms with Crippen molar-refractivity contribution in [1.82, 2.24) is 24.7 Å². The molecule has 1 saturated heterocycles. The van der Waals surface area contributed by atoms with E-state index in [-0.39, 0.29) is 0 Å². The van der Waals surface area contributed by atoms with E-state index in [9.17, 15) is 0 Å². The molecule has 30 heavy (non-hydrogen) atoms. The average molecular weight is 446 g/mol. The van der Waals surface area contributed by atoms with Crippen molar-refractivity contribution < 1.29 is 4.74 Å². The molecule has 2 fully saturated rings. The third-order valence-electron chi connectivity index (χ3n) is 5.80. The summed E-state index contributed by atoms with van der Waals surface area (Å²) in [5.41, 5.74) is 0. The number of halogens is 2. The first-order valence-corrected chi connectivity index (χ1v) is 10.6. The predicted octanol–water partition coefficient (Wildman–Crippen LogP) is 4.03. The van der Waals surface area contributed by atoms with Crippen LogP contribution in [0.15, 0.2) is 36.7 Å². The van der Waals surface area contributed by atoms with Crippen LogP contribution in [0.2, 0.25) is 10.2 Å². The Kier molecular flexibility index (Phi) is 5.12. The maximum atomic E-state index is 6.04. The number of hydrogen-bond donors (Lipinski definition) is 1. The monoisotopic (exact) mass is 445 g/mol. The minimum Gasteiger partial charge on any atom is -0.424 e. The molecule has 2 bridgehead atoms. The third kappa shape index (κ3) is 3.89. The summed E-state index contributed by atoms with van der Waals surface area (Å²) < 4.78 is 7.47. The van der Waals surface area contributed by atoms with Crippen molar-refractivity contribution in [2.24, 2.45) is 18.9 Å². The molecule has 2 aromatic heterocycles. The first-order valence-electron chi connectivity index (χ1n) is 9.88. The van der Waals surface area contributed by atoms with Crippen LogP contribution in [0.4, 0.5) is 11.8 Å². The molecule has 2 atom stereocenters. The summed E-state index contributed by atoms with van der Waals surface area (Å²) in [6.45, 7) is 1.83. The minimum absolute atomic E-state index is 0.319. The van der Waals surface area contributed by atoms with Crippen LogP contribution in [0.5, 0.6) is 11.8 Å².